The van der Waals surface area contributed by atoms with Crippen molar-refractivity contribution in [2.24, 2.45) is 0 Å². The molecule has 2 atom stereocenters. The van der Waals surface area contributed by atoms with Crippen LogP contribution >= 0.6 is 0 Å². The molecule has 2 bridgehead atoms. The third-order valence-corrected chi connectivity index (χ3v) is 6.47. The number of hydrogen-bond acceptors (Lipinski definition) is 4. The second-order valence-corrected chi connectivity index (χ2v) is 8.54. The van der Waals surface area contributed by atoms with Crippen molar-refractivity contribution in [1.29, 1.82) is 0 Å². The molecular weight excluding hydrogens is 423 g/mol. The van der Waals surface area contributed by atoms with Crippen molar-refractivity contribution in [2.75, 3.05) is 7.11 Å². The Morgan fingerprint density at radius 1 is 1.12 bits per heavy atom. The van der Waals surface area contributed by atoms with Gasteiger partial charge in [0.05, 0.1) is 18.3 Å². The van der Waals surface area contributed by atoms with Crippen LogP contribution in [0.2, 0.25) is 0 Å². The van der Waals surface area contributed by atoms with Crippen LogP contribution in [0.15, 0.2) is 48.5 Å². The van der Waals surface area contributed by atoms with E-state index in [-0.39, 0.29) is 37.3 Å². The summed E-state index contributed by atoms with van der Waals surface area (Å²) in [6.45, 7) is 0.163. The lowest BCUT2D eigenvalue weighted by Crippen LogP contribution is -2.58. The van der Waals surface area contributed by atoms with Gasteiger partial charge in [0, 0.05) is 24.9 Å². The summed E-state index contributed by atoms with van der Waals surface area (Å²) in [6, 6.07) is 12.4. The fraction of sp³-hybridized carbons (Fsp3) is 0.458. The summed E-state index contributed by atoms with van der Waals surface area (Å²) >= 11 is 0. The maximum Gasteiger partial charge on any atom is 0.419 e. The van der Waals surface area contributed by atoms with Crippen molar-refractivity contribution in [2.45, 2.75) is 62.6 Å². The molecule has 0 saturated carbocycles. The zero-order chi connectivity index (χ0) is 22.9. The highest BCUT2D eigenvalue weighted by Gasteiger charge is 2.49. The van der Waals surface area contributed by atoms with E-state index in [9.17, 15) is 23.1 Å². The number of methoxy groups -OCH3 is 1. The third kappa shape index (κ3) is 4.41. The Kier molecular flexibility index (Phi) is 6.07. The fourth-order valence-corrected chi connectivity index (χ4v) is 4.97. The van der Waals surface area contributed by atoms with Crippen molar-refractivity contribution in [3.63, 3.8) is 0 Å². The van der Waals surface area contributed by atoms with Crippen molar-refractivity contribution in [1.82, 2.24) is 4.90 Å². The van der Waals surface area contributed by atoms with Gasteiger partial charge in [-0.2, -0.15) is 13.2 Å². The molecule has 2 unspecified atom stereocenters. The van der Waals surface area contributed by atoms with E-state index in [0.717, 1.165) is 18.1 Å². The number of ether oxygens (including phenoxy) is 2. The van der Waals surface area contributed by atoms with Crippen LogP contribution in [-0.4, -0.2) is 35.3 Å². The average Bonchev–Trinajstić information content (AvgIpc) is 2.76. The summed E-state index contributed by atoms with van der Waals surface area (Å²) < 4.78 is 50.2. The smallest absolute Gasteiger partial charge is 0.419 e. The van der Waals surface area contributed by atoms with Crippen LogP contribution in [0, 0.1) is 0 Å². The van der Waals surface area contributed by atoms with Crippen molar-refractivity contribution in [3.05, 3.63) is 65.2 Å². The van der Waals surface area contributed by atoms with Gasteiger partial charge in [-0.1, -0.05) is 36.4 Å². The van der Waals surface area contributed by atoms with E-state index in [0.29, 0.717) is 18.4 Å². The van der Waals surface area contributed by atoms with Crippen molar-refractivity contribution >= 4 is 6.09 Å². The quantitative estimate of drug-likeness (QED) is 0.692. The molecule has 32 heavy (non-hydrogen) atoms. The van der Waals surface area contributed by atoms with Crippen LogP contribution in [0.3, 0.4) is 0 Å². The number of alkyl halides is 3. The van der Waals surface area contributed by atoms with Gasteiger partial charge in [-0.3, -0.25) is 0 Å². The molecule has 2 aromatic rings. The van der Waals surface area contributed by atoms with Crippen LogP contribution in [0.4, 0.5) is 18.0 Å². The molecule has 2 aliphatic heterocycles. The van der Waals surface area contributed by atoms with Crippen LogP contribution < -0.4 is 4.74 Å². The van der Waals surface area contributed by atoms with E-state index in [1.54, 1.807) is 4.90 Å². The van der Waals surface area contributed by atoms with Gasteiger partial charge in [-0.25, -0.2) is 4.79 Å². The molecule has 0 spiro atoms. The van der Waals surface area contributed by atoms with Gasteiger partial charge in [0.15, 0.2) is 0 Å². The zero-order valence-corrected chi connectivity index (χ0v) is 17.8. The molecule has 2 saturated heterocycles. The molecule has 1 amide bonds. The van der Waals surface area contributed by atoms with E-state index in [4.69, 9.17) is 9.47 Å². The Bertz CT molecular complexity index is 949. The van der Waals surface area contributed by atoms with Crippen LogP contribution in [-0.2, 0) is 23.1 Å². The number of carbonyl (C=O) groups is 1. The maximum absolute atomic E-state index is 13.2. The lowest BCUT2D eigenvalue weighted by Gasteiger charge is -2.51. The van der Waals surface area contributed by atoms with Crippen LogP contribution in [0.25, 0.3) is 0 Å². The monoisotopic (exact) mass is 449 g/mol. The number of nitrogens with zero attached hydrogens (tertiary/aromatic N) is 1. The second-order valence-electron chi connectivity index (χ2n) is 8.54. The van der Waals surface area contributed by atoms with Gasteiger partial charge in [-0.05, 0) is 42.5 Å². The van der Waals surface area contributed by atoms with E-state index >= 15 is 0 Å². The molecule has 4 rings (SSSR count). The minimum atomic E-state index is -4.55. The molecule has 172 valence electrons. The third-order valence-electron chi connectivity index (χ3n) is 6.47. The van der Waals surface area contributed by atoms with Crippen LogP contribution in [0.5, 0.6) is 5.75 Å². The molecule has 8 heteroatoms. The van der Waals surface area contributed by atoms with Crippen molar-refractivity contribution < 1.29 is 32.5 Å². The topological polar surface area (TPSA) is 59.0 Å². The molecule has 0 aliphatic carbocycles. The molecule has 1 N–H and O–H groups in total. The lowest BCUT2D eigenvalue weighted by molar-refractivity contribution is -0.139. The summed E-state index contributed by atoms with van der Waals surface area (Å²) in [7, 11) is 1.18. The molecule has 2 fully saturated rings. The minimum Gasteiger partial charge on any atom is -0.496 e. The number of aliphatic hydroxyl groups is 1. The van der Waals surface area contributed by atoms with E-state index in [1.807, 2.05) is 30.3 Å². The van der Waals surface area contributed by atoms with Gasteiger partial charge >= 0.3 is 12.3 Å². The first kappa shape index (κ1) is 22.5. The number of rotatable bonds is 4. The number of hydrogen-bond donors (Lipinski definition) is 1. The first-order valence-electron chi connectivity index (χ1n) is 10.7. The standard InChI is InChI=1S/C24H26F3NO4/c1-31-21-12-17(10-11-20(21)24(25,26)27)23(30)13-18-8-5-9-19(14-23)28(18)22(29)32-15-16-6-3-2-4-7-16/h2-4,6-7,10-12,18-19,30H,5,8-9,13-15H2,1H3. The summed E-state index contributed by atoms with van der Waals surface area (Å²) in [6.07, 6.45) is -2.17. The number of fused-ring (bicyclic) bond motifs is 2. The van der Waals surface area contributed by atoms with E-state index in [2.05, 4.69) is 0 Å². The summed E-state index contributed by atoms with van der Waals surface area (Å²) in [4.78, 5) is 14.6. The SMILES string of the molecule is COc1cc(C2(O)CC3CCCC(C2)N3C(=O)OCc2ccccc2)ccc1C(F)(F)F. The summed E-state index contributed by atoms with van der Waals surface area (Å²) in [5, 5.41) is 11.5. The van der Waals surface area contributed by atoms with Gasteiger partial charge in [-0.15, -0.1) is 0 Å². The molecular formula is C24H26F3NO4. The van der Waals surface area contributed by atoms with Crippen LogP contribution in [0.1, 0.15) is 48.8 Å². The maximum atomic E-state index is 13.2. The normalized spacial score (nSPS) is 25.3. The van der Waals surface area contributed by atoms with Crippen molar-refractivity contribution in [3.8, 4) is 5.75 Å². The molecule has 2 aromatic carbocycles. The van der Waals surface area contributed by atoms with Gasteiger partial charge in [0.1, 0.15) is 12.4 Å². The Hall–Kier alpha value is -2.74. The van der Waals surface area contributed by atoms with Gasteiger partial charge in [0.2, 0.25) is 0 Å². The summed E-state index contributed by atoms with van der Waals surface area (Å²) in [5.41, 5.74) is -0.967. The first-order valence-corrected chi connectivity index (χ1v) is 10.7. The number of carbonyl (C=O) groups excluding carboxylic acids is 1. The number of benzene rings is 2. The Balaban J connectivity index is 1.53. The van der Waals surface area contributed by atoms with Gasteiger partial charge < -0.3 is 19.5 Å². The Morgan fingerprint density at radius 3 is 2.38 bits per heavy atom. The largest absolute Gasteiger partial charge is 0.496 e. The molecule has 0 radical (unpaired) electrons. The minimum absolute atomic E-state index is 0.163. The fourth-order valence-electron chi connectivity index (χ4n) is 4.97. The predicted octanol–water partition coefficient (Wildman–Crippen LogP) is 5.26. The Labute approximate surface area is 184 Å². The summed E-state index contributed by atoms with van der Waals surface area (Å²) in [5.74, 6) is -0.321. The highest BCUT2D eigenvalue weighted by atomic mass is 19.4. The number of amides is 1. The Morgan fingerprint density at radius 2 is 1.78 bits per heavy atom. The van der Waals surface area contributed by atoms with E-state index in [1.165, 1.54) is 19.2 Å². The lowest BCUT2D eigenvalue weighted by atomic mass is 9.72. The second kappa shape index (κ2) is 8.65. The highest BCUT2D eigenvalue weighted by molar-refractivity contribution is 5.69. The average molecular weight is 449 g/mol. The first-order chi connectivity index (χ1) is 15.2. The van der Waals surface area contributed by atoms with E-state index < -0.39 is 23.4 Å². The number of piperidine rings is 2. The molecule has 2 heterocycles. The molecule has 0 aromatic heterocycles. The highest BCUT2D eigenvalue weighted by Crippen LogP contribution is 2.46. The van der Waals surface area contributed by atoms with Gasteiger partial charge in [0.25, 0.3) is 0 Å². The number of halogens is 3. The zero-order valence-electron chi connectivity index (χ0n) is 17.8. The molecule has 5 nitrogen and oxygen atoms in total. The molecule has 2 aliphatic rings. The predicted molar refractivity (Wildman–Crippen MR) is 111 cm³/mol.